The van der Waals surface area contributed by atoms with Crippen LogP contribution in [0.1, 0.15) is 19.3 Å². The van der Waals surface area contributed by atoms with Crippen LogP contribution in [0.2, 0.25) is 0 Å². The average molecular weight is 229 g/mol. The first-order valence-electron chi connectivity index (χ1n) is 4.50. The Bertz CT molecular complexity index is 233. The van der Waals surface area contributed by atoms with Crippen molar-refractivity contribution in [2.24, 2.45) is 4.99 Å². The van der Waals surface area contributed by atoms with E-state index in [0.717, 1.165) is 18.9 Å². The fraction of sp³-hybridized carbons (Fsp3) is 0.667. The first kappa shape index (κ1) is 8.30. The van der Waals surface area contributed by atoms with Crippen molar-refractivity contribution in [3.8, 4) is 0 Å². The van der Waals surface area contributed by atoms with Gasteiger partial charge in [-0.05, 0) is 24.8 Å². The van der Waals surface area contributed by atoms with Crippen LogP contribution in [0, 0.1) is 0 Å². The third-order valence-electron chi connectivity index (χ3n) is 2.28. The molecule has 2 nitrogen and oxygen atoms in total. The SMILES string of the molecule is BrC1C=C2CCCCNC2=NC1. The highest BCUT2D eigenvalue weighted by Crippen LogP contribution is 2.19. The Kier molecular flexibility index (Phi) is 2.49. The Balaban J connectivity index is 2.18. The van der Waals surface area contributed by atoms with Gasteiger partial charge in [0.1, 0.15) is 5.84 Å². The number of fused-ring (bicyclic) bond motifs is 1. The van der Waals surface area contributed by atoms with E-state index in [1.165, 1.54) is 24.8 Å². The maximum absolute atomic E-state index is 4.48. The van der Waals surface area contributed by atoms with E-state index >= 15 is 0 Å². The minimum atomic E-state index is 0.455. The van der Waals surface area contributed by atoms with Gasteiger partial charge in [-0.25, -0.2) is 0 Å². The fourth-order valence-corrected chi connectivity index (χ4v) is 2.11. The number of aliphatic imine (C=N–C) groups is 1. The van der Waals surface area contributed by atoms with Gasteiger partial charge in [0.05, 0.1) is 11.4 Å². The fourth-order valence-electron chi connectivity index (χ4n) is 1.65. The molecule has 0 aromatic heterocycles. The number of nitrogens with one attached hydrogen (secondary N) is 1. The monoisotopic (exact) mass is 228 g/mol. The zero-order valence-electron chi connectivity index (χ0n) is 7.02. The lowest BCUT2D eigenvalue weighted by Gasteiger charge is -2.16. The lowest BCUT2D eigenvalue weighted by atomic mass is 10.1. The molecule has 1 N–H and O–H groups in total. The summed E-state index contributed by atoms with van der Waals surface area (Å²) < 4.78 is 0. The van der Waals surface area contributed by atoms with Crippen molar-refractivity contribution in [3.63, 3.8) is 0 Å². The number of nitrogens with zero attached hydrogens (tertiary/aromatic N) is 1. The van der Waals surface area contributed by atoms with E-state index in [9.17, 15) is 0 Å². The zero-order valence-corrected chi connectivity index (χ0v) is 8.60. The minimum absolute atomic E-state index is 0.455. The molecule has 2 rings (SSSR count). The van der Waals surface area contributed by atoms with E-state index in [4.69, 9.17) is 0 Å². The van der Waals surface area contributed by atoms with E-state index in [0.29, 0.717) is 4.83 Å². The van der Waals surface area contributed by atoms with Gasteiger partial charge >= 0.3 is 0 Å². The van der Waals surface area contributed by atoms with Crippen LogP contribution in [0.4, 0.5) is 0 Å². The molecule has 0 radical (unpaired) electrons. The molecule has 0 aliphatic carbocycles. The summed E-state index contributed by atoms with van der Waals surface area (Å²) >= 11 is 3.56. The molecule has 0 amide bonds. The summed E-state index contributed by atoms with van der Waals surface area (Å²) in [5.74, 6) is 1.14. The normalized spacial score (nSPS) is 29.2. The van der Waals surface area contributed by atoms with E-state index in [-0.39, 0.29) is 0 Å². The first-order valence-corrected chi connectivity index (χ1v) is 5.41. The molecule has 1 unspecified atom stereocenters. The van der Waals surface area contributed by atoms with Crippen LogP contribution in [-0.2, 0) is 0 Å². The van der Waals surface area contributed by atoms with Crippen molar-refractivity contribution >= 4 is 21.8 Å². The van der Waals surface area contributed by atoms with Gasteiger partial charge in [-0.15, -0.1) is 0 Å². The molecule has 0 aromatic carbocycles. The maximum Gasteiger partial charge on any atom is 0.123 e. The number of rotatable bonds is 0. The quantitative estimate of drug-likeness (QED) is 0.630. The van der Waals surface area contributed by atoms with E-state index in [2.05, 4.69) is 32.3 Å². The number of halogens is 1. The predicted octanol–water partition coefficient (Wildman–Crippen LogP) is 1.86. The molecule has 66 valence electrons. The van der Waals surface area contributed by atoms with Crippen molar-refractivity contribution in [2.45, 2.75) is 24.1 Å². The Labute approximate surface area is 81.3 Å². The molecular formula is C9H13BrN2. The predicted molar refractivity (Wildman–Crippen MR) is 55.0 cm³/mol. The van der Waals surface area contributed by atoms with Crippen molar-refractivity contribution in [2.75, 3.05) is 13.1 Å². The van der Waals surface area contributed by atoms with Gasteiger partial charge in [-0.1, -0.05) is 22.0 Å². The summed E-state index contributed by atoms with van der Waals surface area (Å²) in [5.41, 5.74) is 1.40. The van der Waals surface area contributed by atoms with Crippen LogP contribution < -0.4 is 5.32 Å². The highest BCUT2D eigenvalue weighted by molar-refractivity contribution is 9.09. The molecule has 3 heteroatoms. The molecule has 2 aliphatic heterocycles. The first-order chi connectivity index (χ1) is 5.86. The van der Waals surface area contributed by atoms with Crippen LogP contribution in [0.15, 0.2) is 16.6 Å². The molecule has 0 aromatic rings. The highest BCUT2D eigenvalue weighted by atomic mass is 79.9. The number of alkyl halides is 1. The van der Waals surface area contributed by atoms with Crippen LogP contribution in [0.5, 0.6) is 0 Å². The van der Waals surface area contributed by atoms with Crippen LogP contribution >= 0.6 is 15.9 Å². The van der Waals surface area contributed by atoms with E-state index in [1.54, 1.807) is 0 Å². The Hall–Kier alpha value is -0.310. The highest BCUT2D eigenvalue weighted by Gasteiger charge is 2.16. The molecule has 0 spiro atoms. The lowest BCUT2D eigenvalue weighted by molar-refractivity contribution is 0.743. The topological polar surface area (TPSA) is 24.4 Å². The summed E-state index contributed by atoms with van der Waals surface area (Å²) in [4.78, 5) is 4.94. The minimum Gasteiger partial charge on any atom is -0.370 e. The summed E-state index contributed by atoms with van der Waals surface area (Å²) in [6.45, 7) is 1.97. The lowest BCUT2D eigenvalue weighted by Crippen LogP contribution is -2.28. The van der Waals surface area contributed by atoms with Crippen molar-refractivity contribution in [1.29, 1.82) is 0 Å². The molecule has 2 heterocycles. The van der Waals surface area contributed by atoms with Gasteiger partial charge in [0.25, 0.3) is 0 Å². The second-order valence-electron chi connectivity index (χ2n) is 3.28. The Morgan fingerprint density at radius 3 is 3.33 bits per heavy atom. The number of hydrogen-bond acceptors (Lipinski definition) is 2. The number of amidine groups is 1. The molecule has 2 aliphatic rings. The number of dihydropyridines is 1. The molecule has 0 saturated carbocycles. The Morgan fingerprint density at radius 1 is 1.50 bits per heavy atom. The molecule has 1 atom stereocenters. The molecule has 1 saturated heterocycles. The van der Waals surface area contributed by atoms with Crippen LogP contribution in [0.25, 0.3) is 0 Å². The third-order valence-corrected chi connectivity index (χ3v) is 2.83. The van der Waals surface area contributed by atoms with Crippen molar-refractivity contribution in [3.05, 3.63) is 11.6 Å². The molecule has 0 bridgehead atoms. The number of hydrogen-bond donors (Lipinski definition) is 1. The standard InChI is InChI=1S/C9H13BrN2/c10-8-5-7-3-1-2-4-11-9(7)12-6-8/h5,8H,1-4,6H2,(H,11,12). The van der Waals surface area contributed by atoms with Crippen LogP contribution in [0.3, 0.4) is 0 Å². The summed E-state index contributed by atoms with van der Waals surface area (Å²) in [5, 5.41) is 3.36. The van der Waals surface area contributed by atoms with Gasteiger partial charge in [0.2, 0.25) is 0 Å². The van der Waals surface area contributed by atoms with E-state index < -0.39 is 0 Å². The smallest absolute Gasteiger partial charge is 0.123 e. The average Bonchev–Trinajstić information content (AvgIpc) is 2.28. The summed E-state index contributed by atoms with van der Waals surface area (Å²) in [6.07, 6.45) is 6.04. The zero-order chi connectivity index (χ0) is 8.39. The molecular weight excluding hydrogens is 216 g/mol. The van der Waals surface area contributed by atoms with Gasteiger partial charge < -0.3 is 5.32 Å². The largest absolute Gasteiger partial charge is 0.370 e. The molecule has 1 fully saturated rings. The summed E-state index contributed by atoms with van der Waals surface area (Å²) in [7, 11) is 0. The second kappa shape index (κ2) is 3.60. The van der Waals surface area contributed by atoms with Gasteiger partial charge in [0, 0.05) is 6.54 Å². The second-order valence-corrected chi connectivity index (χ2v) is 4.46. The molecule has 12 heavy (non-hydrogen) atoms. The summed E-state index contributed by atoms with van der Waals surface area (Å²) in [6, 6.07) is 0. The van der Waals surface area contributed by atoms with Gasteiger partial charge in [-0.3, -0.25) is 4.99 Å². The van der Waals surface area contributed by atoms with Gasteiger partial charge in [0.15, 0.2) is 0 Å². The maximum atomic E-state index is 4.48. The Morgan fingerprint density at radius 2 is 2.42 bits per heavy atom. The van der Waals surface area contributed by atoms with Crippen molar-refractivity contribution < 1.29 is 0 Å². The van der Waals surface area contributed by atoms with Crippen LogP contribution in [-0.4, -0.2) is 23.8 Å². The third kappa shape index (κ3) is 1.71. The van der Waals surface area contributed by atoms with Crippen molar-refractivity contribution in [1.82, 2.24) is 5.32 Å². The van der Waals surface area contributed by atoms with Gasteiger partial charge in [-0.2, -0.15) is 0 Å². The van der Waals surface area contributed by atoms with E-state index in [1.807, 2.05) is 0 Å².